The summed E-state index contributed by atoms with van der Waals surface area (Å²) in [6.45, 7) is 4.26. The molecule has 16 heavy (non-hydrogen) atoms. The first-order chi connectivity index (χ1) is 7.66. The van der Waals surface area contributed by atoms with E-state index in [0.29, 0.717) is 18.0 Å². The van der Waals surface area contributed by atoms with Gasteiger partial charge in [-0.25, -0.2) is 0 Å². The van der Waals surface area contributed by atoms with Crippen molar-refractivity contribution >= 4 is 5.97 Å². The van der Waals surface area contributed by atoms with Crippen LogP contribution in [-0.2, 0) is 4.79 Å². The summed E-state index contributed by atoms with van der Waals surface area (Å²) in [5.41, 5.74) is 0. The van der Waals surface area contributed by atoms with Gasteiger partial charge in [-0.15, -0.1) is 0 Å². The second-order valence-electron chi connectivity index (χ2n) is 5.27. The van der Waals surface area contributed by atoms with Gasteiger partial charge in [0.1, 0.15) is 0 Å². The summed E-state index contributed by atoms with van der Waals surface area (Å²) < 4.78 is 0. The summed E-state index contributed by atoms with van der Waals surface area (Å²) in [5, 5.41) is 16.1. The molecule has 4 heteroatoms. The third-order valence-corrected chi connectivity index (χ3v) is 3.98. The molecule has 0 aliphatic carbocycles. The van der Waals surface area contributed by atoms with Crippen LogP contribution in [-0.4, -0.2) is 36.2 Å². The molecule has 3 atom stereocenters. The molecule has 0 radical (unpaired) electrons. The van der Waals surface area contributed by atoms with Crippen LogP contribution in [0.4, 0.5) is 0 Å². The average molecular weight is 226 g/mol. The Morgan fingerprint density at radius 3 is 2.56 bits per heavy atom. The molecule has 0 spiro atoms. The Hall–Kier alpha value is -0.610. The normalized spacial score (nSPS) is 37.2. The molecule has 2 aliphatic rings. The standard InChI is InChI=1S/C12H22N2O2/c1-8-6-10(12(15)16)7-11(14-8)9-2-4-13-5-3-9/h8-11,13-14H,2-7H2,1H3,(H,15,16). The SMILES string of the molecule is CC1CC(C(=O)O)CC(C2CCNCC2)N1. The molecular weight excluding hydrogens is 204 g/mol. The number of carboxylic acid groups (broad SMARTS) is 1. The molecule has 0 aromatic rings. The summed E-state index contributed by atoms with van der Waals surface area (Å²) in [6.07, 6.45) is 3.94. The fraction of sp³-hybridized carbons (Fsp3) is 0.917. The van der Waals surface area contributed by atoms with Crippen molar-refractivity contribution in [1.29, 1.82) is 0 Å². The number of carbonyl (C=O) groups is 1. The lowest BCUT2D eigenvalue weighted by Gasteiger charge is -2.39. The molecule has 2 rings (SSSR count). The number of aliphatic carboxylic acids is 1. The Morgan fingerprint density at radius 2 is 1.94 bits per heavy atom. The zero-order valence-corrected chi connectivity index (χ0v) is 9.91. The van der Waals surface area contributed by atoms with E-state index in [1.807, 2.05) is 0 Å². The van der Waals surface area contributed by atoms with E-state index in [2.05, 4.69) is 17.6 Å². The molecule has 2 saturated heterocycles. The molecule has 2 heterocycles. The number of nitrogens with one attached hydrogen (secondary N) is 2. The third kappa shape index (κ3) is 2.74. The van der Waals surface area contributed by atoms with Crippen LogP contribution in [0.15, 0.2) is 0 Å². The van der Waals surface area contributed by atoms with Crippen LogP contribution in [0.25, 0.3) is 0 Å². The van der Waals surface area contributed by atoms with Gasteiger partial charge >= 0.3 is 5.97 Å². The third-order valence-electron chi connectivity index (χ3n) is 3.98. The Labute approximate surface area is 96.8 Å². The topological polar surface area (TPSA) is 61.4 Å². The first-order valence-corrected chi connectivity index (χ1v) is 6.36. The lowest BCUT2D eigenvalue weighted by atomic mass is 9.79. The van der Waals surface area contributed by atoms with Crippen molar-refractivity contribution in [3.05, 3.63) is 0 Å². The molecular formula is C12H22N2O2. The largest absolute Gasteiger partial charge is 0.481 e. The van der Waals surface area contributed by atoms with Gasteiger partial charge in [0.15, 0.2) is 0 Å². The number of carboxylic acids is 1. The maximum atomic E-state index is 11.1. The molecule has 3 N–H and O–H groups in total. The highest BCUT2D eigenvalue weighted by Crippen LogP contribution is 2.28. The van der Waals surface area contributed by atoms with E-state index in [1.165, 1.54) is 12.8 Å². The van der Waals surface area contributed by atoms with E-state index >= 15 is 0 Å². The summed E-state index contributed by atoms with van der Waals surface area (Å²) in [7, 11) is 0. The number of hydrogen-bond donors (Lipinski definition) is 3. The van der Waals surface area contributed by atoms with Gasteiger partial charge in [0.05, 0.1) is 5.92 Å². The van der Waals surface area contributed by atoms with Crippen molar-refractivity contribution in [2.24, 2.45) is 11.8 Å². The minimum absolute atomic E-state index is 0.142. The lowest BCUT2D eigenvalue weighted by Crippen LogP contribution is -2.51. The predicted molar refractivity (Wildman–Crippen MR) is 62.3 cm³/mol. The van der Waals surface area contributed by atoms with Crippen molar-refractivity contribution in [3.8, 4) is 0 Å². The molecule has 0 bridgehead atoms. The van der Waals surface area contributed by atoms with Gasteiger partial charge in [-0.2, -0.15) is 0 Å². The molecule has 0 aromatic heterocycles. The van der Waals surface area contributed by atoms with Gasteiger partial charge in [-0.05, 0) is 51.6 Å². The second-order valence-corrected chi connectivity index (χ2v) is 5.27. The maximum absolute atomic E-state index is 11.1. The lowest BCUT2D eigenvalue weighted by molar-refractivity contribution is -0.143. The number of rotatable bonds is 2. The van der Waals surface area contributed by atoms with Gasteiger partial charge in [0, 0.05) is 12.1 Å². The first-order valence-electron chi connectivity index (χ1n) is 6.36. The van der Waals surface area contributed by atoms with Crippen LogP contribution >= 0.6 is 0 Å². The highest BCUT2D eigenvalue weighted by molar-refractivity contribution is 5.70. The Morgan fingerprint density at radius 1 is 1.25 bits per heavy atom. The van der Waals surface area contributed by atoms with Crippen LogP contribution in [0.3, 0.4) is 0 Å². The fourth-order valence-electron chi connectivity index (χ4n) is 3.11. The second kappa shape index (κ2) is 5.15. The molecule has 0 saturated carbocycles. The van der Waals surface area contributed by atoms with Crippen LogP contribution in [0.1, 0.15) is 32.6 Å². The van der Waals surface area contributed by atoms with Crippen LogP contribution in [0.2, 0.25) is 0 Å². The molecule has 0 aromatic carbocycles. The van der Waals surface area contributed by atoms with Gasteiger partial charge in [0.25, 0.3) is 0 Å². The predicted octanol–water partition coefficient (Wildman–Crippen LogP) is 0.827. The zero-order valence-electron chi connectivity index (χ0n) is 9.91. The van der Waals surface area contributed by atoms with Crippen molar-refractivity contribution in [1.82, 2.24) is 10.6 Å². The fourth-order valence-corrected chi connectivity index (χ4v) is 3.11. The maximum Gasteiger partial charge on any atom is 0.306 e. The van der Waals surface area contributed by atoms with Gasteiger partial charge in [-0.1, -0.05) is 0 Å². The van der Waals surface area contributed by atoms with E-state index in [1.54, 1.807) is 0 Å². The summed E-state index contributed by atoms with van der Waals surface area (Å²) >= 11 is 0. The molecule has 92 valence electrons. The molecule has 0 amide bonds. The summed E-state index contributed by atoms with van der Waals surface area (Å²) in [5.74, 6) is -0.103. The molecule has 4 nitrogen and oxygen atoms in total. The molecule has 2 fully saturated rings. The average Bonchev–Trinajstić information content (AvgIpc) is 2.29. The number of hydrogen-bond acceptors (Lipinski definition) is 3. The van der Waals surface area contributed by atoms with E-state index in [9.17, 15) is 4.79 Å². The Kier molecular flexibility index (Phi) is 3.82. The quantitative estimate of drug-likeness (QED) is 0.652. The Bertz CT molecular complexity index is 251. The van der Waals surface area contributed by atoms with E-state index < -0.39 is 5.97 Å². The van der Waals surface area contributed by atoms with E-state index in [-0.39, 0.29) is 5.92 Å². The Balaban J connectivity index is 1.95. The molecule has 2 aliphatic heterocycles. The van der Waals surface area contributed by atoms with Gasteiger partial charge in [-0.3, -0.25) is 4.79 Å². The summed E-state index contributed by atoms with van der Waals surface area (Å²) in [6, 6.07) is 0.752. The van der Waals surface area contributed by atoms with Crippen LogP contribution < -0.4 is 10.6 Å². The van der Waals surface area contributed by atoms with Crippen molar-refractivity contribution in [2.45, 2.75) is 44.7 Å². The minimum atomic E-state index is -0.618. The van der Waals surface area contributed by atoms with Crippen LogP contribution in [0.5, 0.6) is 0 Å². The minimum Gasteiger partial charge on any atom is -0.481 e. The van der Waals surface area contributed by atoms with Crippen molar-refractivity contribution < 1.29 is 9.90 Å². The monoisotopic (exact) mass is 226 g/mol. The van der Waals surface area contributed by atoms with Crippen LogP contribution in [0, 0.1) is 11.8 Å². The van der Waals surface area contributed by atoms with E-state index in [0.717, 1.165) is 25.9 Å². The highest BCUT2D eigenvalue weighted by atomic mass is 16.4. The van der Waals surface area contributed by atoms with E-state index in [4.69, 9.17) is 5.11 Å². The zero-order chi connectivity index (χ0) is 11.5. The van der Waals surface area contributed by atoms with Crippen molar-refractivity contribution in [2.75, 3.05) is 13.1 Å². The van der Waals surface area contributed by atoms with Gasteiger partial charge in [0.2, 0.25) is 0 Å². The number of piperidine rings is 2. The van der Waals surface area contributed by atoms with Gasteiger partial charge < -0.3 is 15.7 Å². The molecule has 3 unspecified atom stereocenters. The smallest absolute Gasteiger partial charge is 0.306 e. The van der Waals surface area contributed by atoms with Crippen molar-refractivity contribution in [3.63, 3.8) is 0 Å². The highest BCUT2D eigenvalue weighted by Gasteiger charge is 2.34. The summed E-state index contributed by atoms with van der Waals surface area (Å²) in [4.78, 5) is 11.1. The first kappa shape index (κ1) is 11.9.